The SMILES string of the molecule is O=C(Nc1nncn1Cc1ccccc1)c1cccc(Cl)c1Cl. The van der Waals surface area contributed by atoms with E-state index < -0.39 is 0 Å². The van der Waals surface area contributed by atoms with Gasteiger partial charge in [-0.3, -0.25) is 14.7 Å². The van der Waals surface area contributed by atoms with Gasteiger partial charge in [0.2, 0.25) is 5.95 Å². The number of carbonyl (C=O) groups is 1. The highest BCUT2D eigenvalue weighted by Crippen LogP contribution is 2.26. The zero-order valence-corrected chi connectivity index (χ0v) is 13.4. The van der Waals surface area contributed by atoms with Gasteiger partial charge in [-0.2, -0.15) is 0 Å². The van der Waals surface area contributed by atoms with Gasteiger partial charge >= 0.3 is 0 Å². The van der Waals surface area contributed by atoms with E-state index in [-0.39, 0.29) is 16.5 Å². The van der Waals surface area contributed by atoms with E-state index in [1.807, 2.05) is 30.3 Å². The molecule has 1 amide bonds. The first-order valence-electron chi connectivity index (χ1n) is 6.82. The van der Waals surface area contributed by atoms with Gasteiger partial charge in [0.05, 0.1) is 22.2 Å². The van der Waals surface area contributed by atoms with Gasteiger partial charge in [-0.05, 0) is 17.7 Å². The van der Waals surface area contributed by atoms with E-state index in [4.69, 9.17) is 23.2 Å². The number of carbonyl (C=O) groups excluding carboxylic acids is 1. The molecule has 0 aliphatic heterocycles. The van der Waals surface area contributed by atoms with E-state index in [1.54, 1.807) is 29.1 Å². The van der Waals surface area contributed by atoms with Crippen molar-refractivity contribution in [3.05, 3.63) is 76.0 Å². The Hall–Kier alpha value is -2.37. The fourth-order valence-corrected chi connectivity index (χ4v) is 2.48. The molecule has 0 aliphatic rings. The lowest BCUT2D eigenvalue weighted by molar-refractivity contribution is 0.102. The minimum atomic E-state index is -0.389. The average molecular weight is 347 g/mol. The molecule has 3 aromatic rings. The maximum Gasteiger partial charge on any atom is 0.259 e. The van der Waals surface area contributed by atoms with Crippen molar-refractivity contribution in [1.29, 1.82) is 0 Å². The highest BCUT2D eigenvalue weighted by Gasteiger charge is 2.15. The Bertz CT molecular complexity index is 833. The zero-order valence-electron chi connectivity index (χ0n) is 11.9. The number of aromatic nitrogens is 3. The molecule has 1 aromatic heterocycles. The number of hydrogen-bond donors (Lipinski definition) is 1. The number of rotatable bonds is 4. The molecule has 116 valence electrons. The summed E-state index contributed by atoms with van der Waals surface area (Å²) in [4.78, 5) is 12.4. The highest BCUT2D eigenvalue weighted by molar-refractivity contribution is 6.44. The van der Waals surface area contributed by atoms with Crippen LogP contribution in [0.2, 0.25) is 10.0 Å². The van der Waals surface area contributed by atoms with Gasteiger partial charge in [-0.25, -0.2) is 0 Å². The molecule has 0 fully saturated rings. The van der Waals surface area contributed by atoms with Gasteiger partial charge in [0.25, 0.3) is 5.91 Å². The lowest BCUT2D eigenvalue weighted by Gasteiger charge is -2.09. The van der Waals surface area contributed by atoms with Crippen molar-refractivity contribution in [2.75, 3.05) is 5.32 Å². The maximum atomic E-state index is 12.4. The van der Waals surface area contributed by atoms with Crippen molar-refractivity contribution >= 4 is 35.1 Å². The largest absolute Gasteiger partial charge is 0.295 e. The van der Waals surface area contributed by atoms with Gasteiger partial charge < -0.3 is 0 Å². The molecule has 0 saturated heterocycles. The van der Waals surface area contributed by atoms with Crippen LogP contribution >= 0.6 is 23.2 Å². The van der Waals surface area contributed by atoms with Crippen LogP contribution in [0.1, 0.15) is 15.9 Å². The zero-order chi connectivity index (χ0) is 16.2. The Morgan fingerprint density at radius 1 is 1.09 bits per heavy atom. The van der Waals surface area contributed by atoms with Crippen molar-refractivity contribution in [2.45, 2.75) is 6.54 Å². The van der Waals surface area contributed by atoms with Crippen LogP contribution in [-0.4, -0.2) is 20.7 Å². The van der Waals surface area contributed by atoms with E-state index in [1.165, 1.54) is 0 Å². The van der Waals surface area contributed by atoms with Crippen LogP contribution in [0, 0.1) is 0 Å². The van der Waals surface area contributed by atoms with Crippen LogP contribution in [0.25, 0.3) is 0 Å². The molecule has 1 heterocycles. The summed E-state index contributed by atoms with van der Waals surface area (Å²) in [5.74, 6) is -0.0466. The van der Waals surface area contributed by atoms with Crippen LogP contribution in [0.3, 0.4) is 0 Å². The summed E-state index contributed by atoms with van der Waals surface area (Å²) >= 11 is 12.0. The molecule has 7 heteroatoms. The number of benzene rings is 2. The molecule has 0 spiro atoms. The third kappa shape index (κ3) is 3.52. The van der Waals surface area contributed by atoms with Crippen LogP contribution in [-0.2, 0) is 6.54 Å². The molecule has 0 unspecified atom stereocenters. The third-order valence-electron chi connectivity index (χ3n) is 3.23. The number of nitrogens with zero attached hydrogens (tertiary/aromatic N) is 3. The summed E-state index contributed by atoms with van der Waals surface area (Å²) in [5, 5.41) is 11.0. The Kier molecular flexibility index (Phi) is 4.60. The standard InChI is InChI=1S/C16H12Cl2N4O/c17-13-8-4-7-12(14(13)18)15(23)20-16-21-19-10-22(16)9-11-5-2-1-3-6-11/h1-8,10H,9H2,(H,20,21,23). The van der Waals surface area contributed by atoms with Gasteiger partial charge in [0, 0.05) is 0 Å². The molecular weight excluding hydrogens is 335 g/mol. The molecule has 23 heavy (non-hydrogen) atoms. The fourth-order valence-electron chi connectivity index (χ4n) is 2.10. The normalized spacial score (nSPS) is 10.5. The molecule has 2 aromatic carbocycles. The van der Waals surface area contributed by atoms with Crippen molar-refractivity contribution in [1.82, 2.24) is 14.8 Å². The number of hydrogen-bond acceptors (Lipinski definition) is 3. The molecule has 0 radical (unpaired) electrons. The predicted molar refractivity (Wildman–Crippen MR) is 90.0 cm³/mol. The molecule has 0 bridgehead atoms. The monoisotopic (exact) mass is 346 g/mol. The first-order chi connectivity index (χ1) is 11.1. The first kappa shape index (κ1) is 15.5. The van der Waals surface area contributed by atoms with Crippen LogP contribution < -0.4 is 5.32 Å². The van der Waals surface area contributed by atoms with Gasteiger partial charge in [-0.15, -0.1) is 10.2 Å². The summed E-state index contributed by atoms with van der Waals surface area (Å²) in [6.45, 7) is 0.548. The van der Waals surface area contributed by atoms with E-state index >= 15 is 0 Å². The Morgan fingerprint density at radius 3 is 2.65 bits per heavy atom. The van der Waals surface area contributed by atoms with E-state index in [0.29, 0.717) is 17.5 Å². The fraction of sp³-hybridized carbons (Fsp3) is 0.0625. The Balaban J connectivity index is 1.80. The second-order valence-corrected chi connectivity index (χ2v) is 5.61. The number of halogens is 2. The minimum Gasteiger partial charge on any atom is -0.295 e. The molecule has 0 saturated carbocycles. The van der Waals surface area contributed by atoms with E-state index in [2.05, 4.69) is 15.5 Å². The summed E-state index contributed by atoms with van der Waals surface area (Å²) in [6, 6.07) is 14.7. The Labute approximate surface area is 142 Å². The molecule has 0 aliphatic carbocycles. The van der Waals surface area contributed by atoms with Crippen LogP contribution in [0.15, 0.2) is 54.9 Å². The first-order valence-corrected chi connectivity index (χ1v) is 7.58. The molecule has 1 N–H and O–H groups in total. The van der Waals surface area contributed by atoms with E-state index in [9.17, 15) is 4.79 Å². The molecular formula is C16H12Cl2N4O. The highest BCUT2D eigenvalue weighted by atomic mass is 35.5. The third-order valence-corrected chi connectivity index (χ3v) is 4.05. The maximum absolute atomic E-state index is 12.4. The quantitative estimate of drug-likeness (QED) is 0.779. The average Bonchev–Trinajstić information content (AvgIpc) is 2.98. The number of amides is 1. The molecule has 5 nitrogen and oxygen atoms in total. The topological polar surface area (TPSA) is 59.8 Å². The summed E-state index contributed by atoms with van der Waals surface area (Å²) in [5.41, 5.74) is 1.36. The van der Waals surface area contributed by atoms with Crippen LogP contribution in [0.5, 0.6) is 0 Å². The summed E-state index contributed by atoms with van der Waals surface area (Å²) in [7, 11) is 0. The van der Waals surface area contributed by atoms with Gasteiger partial charge in [0.15, 0.2) is 0 Å². The summed E-state index contributed by atoms with van der Waals surface area (Å²) in [6.07, 6.45) is 1.56. The smallest absolute Gasteiger partial charge is 0.259 e. The molecule has 3 rings (SSSR count). The molecule has 0 atom stereocenters. The van der Waals surface area contributed by atoms with Gasteiger partial charge in [-0.1, -0.05) is 59.6 Å². The van der Waals surface area contributed by atoms with Crippen molar-refractivity contribution in [3.8, 4) is 0 Å². The van der Waals surface area contributed by atoms with E-state index in [0.717, 1.165) is 5.56 Å². The van der Waals surface area contributed by atoms with Crippen molar-refractivity contribution < 1.29 is 4.79 Å². The van der Waals surface area contributed by atoms with Gasteiger partial charge in [0.1, 0.15) is 6.33 Å². The second kappa shape index (κ2) is 6.81. The van der Waals surface area contributed by atoms with Crippen molar-refractivity contribution in [3.63, 3.8) is 0 Å². The van der Waals surface area contributed by atoms with Crippen molar-refractivity contribution in [2.24, 2.45) is 0 Å². The lowest BCUT2D eigenvalue weighted by Crippen LogP contribution is -2.16. The number of anilines is 1. The minimum absolute atomic E-state index is 0.209. The number of nitrogens with one attached hydrogen (secondary N) is 1. The lowest BCUT2D eigenvalue weighted by atomic mass is 10.2. The summed E-state index contributed by atoms with van der Waals surface area (Å²) < 4.78 is 1.74. The Morgan fingerprint density at radius 2 is 1.87 bits per heavy atom. The second-order valence-electron chi connectivity index (χ2n) is 4.82. The predicted octanol–water partition coefficient (Wildman–Crippen LogP) is 3.89. The van der Waals surface area contributed by atoms with Crippen LogP contribution in [0.4, 0.5) is 5.95 Å².